The van der Waals surface area contributed by atoms with E-state index in [1.807, 2.05) is 12.1 Å². The fourth-order valence-electron chi connectivity index (χ4n) is 2.94. The van der Waals surface area contributed by atoms with Crippen LogP contribution in [-0.2, 0) is 0 Å². The molecule has 2 rings (SSSR count). The molecule has 1 saturated carbocycles. The summed E-state index contributed by atoms with van der Waals surface area (Å²) >= 11 is 0. The first-order valence-corrected chi connectivity index (χ1v) is 6.02. The topological polar surface area (TPSA) is 26.0 Å². The van der Waals surface area contributed by atoms with Gasteiger partial charge in [-0.15, -0.1) is 0 Å². The first kappa shape index (κ1) is 11.6. The van der Waals surface area contributed by atoms with E-state index in [2.05, 4.69) is 13.8 Å². The third kappa shape index (κ3) is 2.12. The summed E-state index contributed by atoms with van der Waals surface area (Å²) in [6.07, 6.45) is 3.69. The van der Waals surface area contributed by atoms with Crippen LogP contribution in [0.5, 0.6) is 0 Å². The standard InChI is InChI=1S/C14H20FN/c1-14(2)9-3-4-12(14)13(16)10-5-7-11(15)8-6-10/h5-8,12-13H,3-4,9,16H2,1-2H3. The number of nitrogens with two attached hydrogens (primary N) is 1. The molecule has 1 aromatic rings. The smallest absolute Gasteiger partial charge is 0.123 e. The predicted molar refractivity (Wildman–Crippen MR) is 64.5 cm³/mol. The molecule has 1 aromatic carbocycles. The number of benzene rings is 1. The van der Waals surface area contributed by atoms with Gasteiger partial charge in [-0.05, 0) is 41.9 Å². The highest BCUT2D eigenvalue weighted by atomic mass is 19.1. The molecule has 0 aromatic heterocycles. The predicted octanol–water partition coefficient (Wildman–Crippen LogP) is 3.65. The molecule has 1 nitrogen and oxygen atoms in total. The van der Waals surface area contributed by atoms with Crippen molar-refractivity contribution in [3.05, 3.63) is 35.6 Å². The molecule has 0 heterocycles. The normalized spacial score (nSPS) is 25.6. The Morgan fingerprint density at radius 1 is 1.31 bits per heavy atom. The van der Waals surface area contributed by atoms with E-state index < -0.39 is 0 Å². The number of halogens is 1. The van der Waals surface area contributed by atoms with Crippen LogP contribution in [0.3, 0.4) is 0 Å². The van der Waals surface area contributed by atoms with Gasteiger partial charge in [0.05, 0.1) is 0 Å². The van der Waals surface area contributed by atoms with Gasteiger partial charge in [0.2, 0.25) is 0 Å². The van der Waals surface area contributed by atoms with Gasteiger partial charge in [-0.1, -0.05) is 32.4 Å². The first-order chi connectivity index (χ1) is 7.50. The Labute approximate surface area is 96.9 Å². The van der Waals surface area contributed by atoms with Crippen LogP contribution in [0.25, 0.3) is 0 Å². The van der Waals surface area contributed by atoms with Crippen molar-refractivity contribution in [1.29, 1.82) is 0 Å². The van der Waals surface area contributed by atoms with Crippen LogP contribution in [0.2, 0.25) is 0 Å². The molecule has 16 heavy (non-hydrogen) atoms. The maximum atomic E-state index is 12.8. The van der Waals surface area contributed by atoms with Gasteiger partial charge >= 0.3 is 0 Å². The Morgan fingerprint density at radius 2 is 1.94 bits per heavy atom. The van der Waals surface area contributed by atoms with Crippen LogP contribution in [0.15, 0.2) is 24.3 Å². The molecule has 0 amide bonds. The molecule has 1 fully saturated rings. The molecule has 2 heteroatoms. The molecular formula is C14H20FN. The lowest BCUT2D eigenvalue weighted by molar-refractivity contribution is 0.222. The SMILES string of the molecule is CC1(C)CCCC1C(N)c1ccc(F)cc1. The second kappa shape index (κ2) is 4.17. The van der Waals surface area contributed by atoms with E-state index in [0.717, 1.165) is 5.56 Å². The molecule has 0 bridgehead atoms. The van der Waals surface area contributed by atoms with Crippen LogP contribution < -0.4 is 5.73 Å². The van der Waals surface area contributed by atoms with Gasteiger partial charge in [0.1, 0.15) is 5.82 Å². The monoisotopic (exact) mass is 221 g/mol. The third-order valence-corrected chi connectivity index (χ3v) is 4.03. The lowest BCUT2D eigenvalue weighted by atomic mass is 9.76. The maximum absolute atomic E-state index is 12.8. The Morgan fingerprint density at radius 3 is 2.44 bits per heavy atom. The van der Waals surface area contributed by atoms with Crippen molar-refractivity contribution in [3.8, 4) is 0 Å². The maximum Gasteiger partial charge on any atom is 0.123 e. The number of hydrogen-bond acceptors (Lipinski definition) is 1. The summed E-state index contributed by atoms with van der Waals surface area (Å²) in [7, 11) is 0. The van der Waals surface area contributed by atoms with Crippen LogP contribution >= 0.6 is 0 Å². The van der Waals surface area contributed by atoms with E-state index in [1.165, 1.54) is 31.4 Å². The average molecular weight is 221 g/mol. The fourth-order valence-corrected chi connectivity index (χ4v) is 2.94. The highest BCUT2D eigenvalue weighted by Crippen LogP contribution is 2.47. The van der Waals surface area contributed by atoms with Crippen LogP contribution in [0.1, 0.15) is 44.7 Å². The summed E-state index contributed by atoms with van der Waals surface area (Å²) in [6, 6.07) is 6.66. The molecule has 88 valence electrons. The Kier molecular flexibility index (Phi) is 3.02. The van der Waals surface area contributed by atoms with Crippen molar-refractivity contribution >= 4 is 0 Å². The van der Waals surface area contributed by atoms with E-state index in [0.29, 0.717) is 11.3 Å². The zero-order valence-corrected chi connectivity index (χ0v) is 10.0. The Hall–Kier alpha value is -0.890. The van der Waals surface area contributed by atoms with Crippen LogP contribution in [0, 0.1) is 17.2 Å². The second-order valence-corrected chi connectivity index (χ2v) is 5.56. The first-order valence-electron chi connectivity index (χ1n) is 6.02. The average Bonchev–Trinajstić information content (AvgIpc) is 2.58. The van der Waals surface area contributed by atoms with Crippen molar-refractivity contribution < 1.29 is 4.39 Å². The quantitative estimate of drug-likeness (QED) is 0.810. The van der Waals surface area contributed by atoms with E-state index in [9.17, 15) is 4.39 Å². The van der Waals surface area contributed by atoms with Crippen LogP contribution in [0.4, 0.5) is 4.39 Å². The van der Waals surface area contributed by atoms with Gasteiger partial charge in [-0.2, -0.15) is 0 Å². The summed E-state index contributed by atoms with van der Waals surface area (Å²) in [4.78, 5) is 0. The summed E-state index contributed by atoms with van der Waals surface area (Å²) in [5, 5.41) is 0. The Balaban J connectivity index is 2.18. The third-order valence-electron chi connectivity index (χ3n) is 4.03. The van der Waals surface area contributed by atoms with Gasteiger partial charge in [0, 0.05) is 6.04 Å². The van der Waals surface area contributed by atoms with Crippen LogP contribution in [-0.4, -0.2) is 0 Å². The second-order valence-electron chi connectivity index (χ2n) is 5.56. The zero-order valence-electron chi connectivity index (χ0n) is 10.0. The number of rotatable bonds is 2. The van der Waals surface area contributed by atoms with E-state index in [4.69, 9.17) is 5.73 Å². The Bertz CT molecular complexity index is 356. The molecule has 2 unspecified atom stereocenters. The van der Waals surface area contributed by atoms with Crippen molar-refractivity contribution in [1.82, 2.24) is 0 Å². The summed E-state index contributed by atoms with van der Waals surface area (Å²) < 4.78 is 12.8. The molecule has 1 aliphatic carbocycles. The molecular weight excluding hydrogens is 201 g/mol. The number of hydrogen-bond donors (Lipinski definition) is 1. The lowest BCUT2D eigenvalue weighted by Crippen LogP contribution is -2.29. The van der Waals surface area contributed by atoms with Gasteiger partial charge < -0.3 is 5.73 Å². The van der Waals surface area contributed by atoms with Gasteiger partial charge in [0.15, 0.2) is 0 Å². The minimum Gasteiger partial charge on any atom is -0.324 e. The van der Waals surface area contributed by atoms with Crippen molar-refractivity contribution in [2.24, 2.45) is 17.1 Å². The molecule has 0 aliphatic heterocycles. The highest BCUT2D eigenvalue weighted by molar-refractivity contribution is 5.21. The molecule has 0 saturated heterocycles. The minimum absolute atomic E-state index is 0.0399. The summed E-state index contributed by atoms with van der Waals surface area (Å²) in [6.45, 7) is 4.57. The minimum atomic E-state index is -0.193. The molecule has 0 spiro atoms. The summed E-state index contributed by atoms with van der Waals surface area (Å²) in [5.74, 6) is 0.319. The van der Waals surface area contributed by atoms with Gasteiger partial charge in [-0.25, -0.2) is 4.39 Å². The van der Waals surface area contributed by atoms with Crippen molar-refractivity contribution in [2.75, 3.05) is 0 Å². The van der Waals surface area contributed by atoms with E-state index >= 15 is 0 Å². The fraction of sp³-hybridized carbons (Fsp3) is 0.571. The molecule has 1 aliphatic rings. The van der Waals surface area contributed by atoms with Gasteiger partial charge in [-0.3, -0.25) is 0 Å². The van der Waals surface area contributed by atoms with E-state index in [1.54, 1.807) is 0 Å². The van der Waals surface area contributed by atoms with Crippen molar-refractivity contribution in [3.63, 3.8) is 0 Å². The largest absolute Gasteiger partial charge is 0.324 e. The van der Waals surface area contributed by atoms with E-state index in [-0.39, 0.29) is 11.9 Å². The highest BCUT2D eigenvalue weighted by Gasteiger charge is 2.38. The molecule has 2 N–H and O–H groups in total. The summed E-state index contributed by atoms with van der Waals surface area (Å²) in [5.41, 5.74) is 7.67. The molecule has 0 radical (unpaired) electrons. The van der Waals surface area contributed by atoms with Gasteiger partial charge in [0.25, 0.3) is 0 Å². The van der Waals surface area contributed by atoms with Crippen molar-refractivity contribution in [2.45, 2.75) is 39.2 Å². The lowest BCUT2D eigenvalue weighted by Gasteiger charge is -2.32. The zero-order chi connectivity index (χ0) is 11.8. The molecule has 2 atom stereocenters.